The molecule has 1 unspecified atom stereocenters. The average Bonchev–Trinajstić information content (AvgIpc) is 2.36. The summed E-state index contributed by atoms with van der Waals surface area (Å²) >= 11 is 1.48. The van der Waals surface area contributed by atoms with E-state index in [0.29, 0.717) is 0 Å². The summed E-state index contributed by atoms with van der Waals surface area (Å²) in [5, 5.41) is 11.8. The summed E-state index contributed by atoms with van der Waals surface area (Å²) in [7, 11) is 0. The molecule has 0 amide bonds. The summed E-state index contributed by atoms with van der Waals surface area (Å²) in [5.74, 6) is -1.39. The van der Waals surface area contributed by atoms with Crippen molar-refractivity contribution >= 4 is 23.5 Å². The molecule has 98 valence electrons. The molecule has 0 spiro atoms. The van der Waals surface area contributed by atoms with Crippen LogP contribution in [0.2, 0.25) is 0 Å². The van der Waals surface area contributed by atoms with E-state index in [0.717, 1.165) is 12.1 Å². The highest BCUT2D eigenvalue weighted by Gasteiger charge is 2.33. The molecule has 1 atom stereocenters. The first-order valence-corrected chi connectivity index (χ1v) is 6.81. The number of carbonyl (C=O) groups is 2. The molecule has 4 nitrogen and oxygen atoms in total. The maximum atomic E-state index is 11.7. The van der Waals surface area contributed by atoms with Crippen molar-refractivity contribution in [3.05, 3.63) is 36.7 Å². The lowest BCUT2D eigenvalue weighted by molar-refractivity contribution is -0.140. The van der Waals surface area contributed by atoms with Crippen LogP contribution in [-0.2, 0) is 9.59 Å². The van der Waals surface area contributed by atoms with Gasteiger partial charge in [0.2, 0.25) is 0 Å². The highest BCUT2D eigenvalue weighted by atomic mass is 32.2. The molecule has 0 aromatic carbocycles. The molecule has 1 rings (SSSR count). The lowest BCUT2D eigenvalue weighted by Crippen LogP contribution is -2.35. The number of carbonyl (C=O) groups excluding carboxylic acids is 1. The number of thioether (sulfide) groups is 1. The Hall–Kier alpha value is -1.49. The number of hydrogen-bond acceptors (Lipinski definition) is 4. The minimum atomic E-state index is -1.09. The van der Waals surface area contributed by atoms with E-state index in [1.54, 1.807) is 6.08 Å². The molecule has 0 saturated heterocycles. The number of allylic oxidation sites excluding steroid dienone is 2. The predicted molar refractivity (Wildman–Crippen MR) is 73.3 cm³/mol. The molecule has 2 N–H and O–H groups in total. The van der Waals surface area contributed by atoms with Crippen LogP contribution in [0.15, 0.2) is 36.7 Å². The fourth-order valence-electron chi connectivity index (χ4n) is 1.82. The van der Waals surface area contributed by atoms with Crippen molar-refractivity contribution in [2.24, 2.45) is 0 Å². The van der Waals surface area contributed by atoms with Gasteiger partial charge in [-0.25, -0.2) is 0 Å². The molecular formula is C13H17NO3S. The third-order valence-corrected chi connectivity index (χ3v) is 4.03. The van der Waals surface area contributed by atoms with E-state index in [1.807, 2.05) is 24.6 Å². The fraction of sp³-hybridized carbons (Fsp3) is 0.385. The van der Waals surface area contributed by atoms with Gasteiger partial charge in [-0.1, -0.05) is 18.2 Å². The number of aliphatic carboxylic acids is 1. The third kappa shape index (κ3) is 3.50. The number of hydrogen-bond donors (Lipinski definition) is 2. The third-order valence-electron chi connectivity index (χ3n) is 2.77. The number of rotatable bonds is 7. The molecule has 0 aromatic rings. The molecule has 1 heterocycles. The van der Waals surface area contributed by atoms with Crippen LogP contribution in [0.25, 0.3) is 0 Å². The van der Waals surface area contributed by atoms with E-state index >= 15 is 0 Å². The minimum absolute atomic E-state index is 0.136. The zero-order chi connectivity index (χ0) is 13.6. The normalized spacial score (nSPS) is 17.3. The fourth-order valence-corrected chi connectivity index (χ4v) is 2.66. The molecule has 0 fully saturated rings. The Morgan fingerprint density at radius 1 is 1.67 bits per heavy atom. The molecule has 1 aliphatic rings. The second kappa shape index (κ2) is 6.44. The predicted octanol–water partition coefficient (Wildman–Crippen LogP) is 2.10. The number of carboxylic acid groups (broad SMARTS) is 1. The van der Waals surface area contributed by atoms with Crippen LogP contribution >= 0.6 is 11.8 Å². The van der Waals surface area contributed by atoms with Crippen LogP contribution in [0.5, 0.6) is 0 Å². The van der Waals surface area contributed by atoms with Crippen LogP contribution < -0.4 is 5.32 Å². The standard InChI is InChI=1S/C13H17NO3S/c1-3-13(18-2,9-10(15)8-12(16)17)11-6-4-5-7-14-11/h3,5-7,14H,1,4,8-9H2,2H3,(H,16,17). The number of ketones is 1. The Morgan fingerprint density at radius 2 is 2.39 bits per heavy atom. The SMILES string of the molecule is C=CC(CC(=O)CC(=O)O)(SC)C1=CCC=CN1. The van der Waals surface area contributed by atoms with Crippen molar-refractivity contribution in [2.45, 2.75) is 24.0 Å². The lowest BCUT2D eigenvalue weighted by Gasteiger charge is -2.32. The zero-order valence-corrected chi connectivity index (χ0v) is 11.1. The number of dihydropyridines is 1. The second-order valence-corrected chi connectivity index (χ2v) is 5.12. The Labute approximate surface area is 111 Å². The van der Waals surface area contributed by atoms with E-state index in [4.69, 9.17) is 5.11 Å². The summed E-state index contributed by atoms with van der Waals surface area (Å²) in [4.78, 5) is 22.3. The van der Waals surface area contributed by atoms with Gasteiger partial charge >= 0.3 is 5.97 Å². The first-order chi connectivity index (χ1) is 8.54. The minimum Gasteiger partial charge on any atom is -0.481 e. The van der Waals surface area contributed by atoms with Gasteiger partial charge in [0.1, 0.15) is 12.2 Å². The molecule has 0 aliphatic carbocycles. The maximum Gasteiger partial charge on any atom is 0.310 e. The number of carboxylic acids is 1. The van der Waals surface area contributed by atoms with Crippen LogP contribution in [0, 0.1) is 0 Å². The first kappa shape index (κ1) is 14.6. The van der Waals surface area contributed by atoms with E-state index in [2.05, 4.69) is 11.9 Å². The van der Waals surface area contributed by atoms with Crippen LogP contribution in [0.3, 0.4) is 0 Å². The van der Waals surface area contributed by atoms with Crippen molar-refractivity contribution in [1.82, 2.24) is 5.32 Å². The van der Waals surface area contributed by atoms with Crippen molar-refractivity contribution in [2.75, 3.05) is 6.26 Å². The smallest absolute Gasteiger partial charge is 0.310 e. The van der Waals surface area contributed by atoms with E-state index in [-0.39, 0.29) is 12.2 Å². The van der Waals surface area contributed by atoms with Crippen molar-refractivity contribution in [1.29, 1.82) is 0 Å². The van der Waals surface area contributed by atoms with Gasteiger partial charge in [0.25, 0.3) is 0 Å². The summed E-state index contributed by atoms with van der Waals surface area (Å²) in [6.07, 6.45) is 9.86. The number of Topliss-reactive ketones (excluding diaryl/α,β-unsaturated/α-hetero) is 1. The number of nitrogens with one attached hydrogen (secondary N) is 1. The highest BCUT2D eigenvalue weighted by molar-refractivity contribution is 8.00. The first-order valence-electron chi connectivity index (χ1n) is 5.58. The van der Waals surface area contributed by atoms with Gasteiger partial charge in [-0.05, 0) is 18.9 Å². The quantitative estimate of drug-likeness (QED) is 0.546. The van der Waals surface area contributed by atoms with Crippen LogP contribution in [0.4, 0.5) is 0 Å². The van der Waals surface area contributed by atoms with Crippen LogP contribution in [0.1, 0.15) is 19.3 Å². The van der Waals surface area contributed by atoms with E-state index in [1.165, 1.54) is 11.8 Å². The summed E-state index contributed by atoms with van der Waals surface area (Å²) in [6, 6.07) is 0. The average molecular weight is 267 g/mol. The summed E-state index contributed by atoms with van der Waals surface area (Å²) < 4.78 is -0.572. The monoisotopic (exact) mass is 267 g/mol. The Balaban J connectivity index is 2.86. The zero-order valence-electron chi connectivity index (χ0n) is 10.3. The van der Waals surface area contributed by atoms with Gasteiger partial charge < -0.3 is 10.4 Å². The molecule has 0 saturated carbocycles. The van der Waals surface area contributed by atoms with E-state index < -0.39 is 17.1 Å². The second-order valence-electron chi connectivity index (χ2n) is 3.98. The summed E-state index contributed by atoms with van der Waals surface area (Å²) in [6.45, 7) is 3.79. The molecule has 0 bridgehead atoms. The molecule has 18 heavy (non-hydrogen) atoms. The molecule has 0 radical (unpaired) electrons. The lowest BCUT2D eigenvalue weighted by atomic mass is 9.94. The maximum absolute atomic E-state index is 11.7. The molecule has 5 heteroatoms. The summed E-state index contributed by atoms with van der Waals surface area (Å²) in [5.41, 5.74) is 0.895. The van der Waals surface area contributed by atoms with Gasteiger partial charge in [-0.2, -0.15) is 0 Å². The molecular weight excluding hydrogens is 250 g/mol. The highest BCUT2D eigenvalue weighted by Crippen LogP contribution is 2.36. The Bertz CT molecular complexity index is 414. The van der Waals surface area contributed by atoms with Gasteiger partial charge in [-0.3, -0.25) is 9.59 Å². The van der Waals surface area contributed by atoms with Crippen molar-refractivity contribution in [3.8, 4) is 0 Å². The molecule has 0 aromatic heterocycles. The van der Waals surface area contributed by atoms with E-state index in [9.17, 15) is 9.59 Å². The Morgan fingerprint density at radius 3 is 2.83 bits per heavy atom. The molecule has 1 aliphatic heterocycles. The van der Waals surface area contributed by atoms with Gasteiger partial charge in [0, 0.05) is 12.1 Å². The topological polar surface area (TPSA) is 66.4 Å². The van der Waals surface area contributed by atoms with Gasteiger partial charge in [0.15, 0.2) is 0 Å². The Kier molecular flexibility index (Phi) is 5.22. The van der Waals surface area contributed by atoms with Crippen LogP contribution in [-0.4, -0.2) is 27.9 Å². The van der Waals surface area contributed by atoms with Gasteiger partial charge in [-0.15, -0.1) is 18.3 Å². The van der Waals surface area contributed by atoms with Crippen molar-refractivity contribution < 1.29 is 14.7 Å². The van der Waals surface area contributed by atoms with Crippen molar-refractivity contribution in [3.63, 3.8) is 0 Å². The largest absolute Gasteiger partial charge is 0.481 e. The van der Waals surface area contributed by atoms with Gasteiger partial charge in [0.05, 0.1) is 4.75 Å².